The Morgan fingerprint density at radius 2 is 1.65 bits per heavy atom. The van der Waals surface area contributed by atoms with Crippen molar-refractivity contribution >= 4 is 26.2 Å². The summed E-state index contributed by atoms with van der Waals surface area (Å²) in [6, 6.07) is 6.40. The first-order chi connectivity index (χ1) is 9.20. The van der Waals surface area contributed by atoms with Crippen LogP contribution in [0.2, 0.25) is 0 Å². The van der Waals surface area contributed by atoms with Crippen molar-refractivity contribution in [3.05, 3.63) is 47.0 Å². The molecule has 0 radical (unpaired) electrons. The number of hydrogen-bond acceptors (Lipinski definition) is 3. The molecule has 0 aromatic heterocycles. The van der Waals surface area contributed by atoms with E-state index in [9.17, 15) is 13.2 Å². The number of fused-ring (bicyclic) bond motifs is 1. The van der Waals surface area contributed by atoms with Crippen LogP contribution >= 0.6 is 0 Å². The number of Topliss-reactive ketones (excluding diaryl/α,β-unsaturated/α-hetero) is 1. The van der Waals surface area contributed by atoms with Gasteiger partial charge in [0.2, 0.25) is 0 Å². The van der Waals surface area contributed by atoms with Crippen molar-refractivity contribution in [3.63, 3.8) is 0 Å². The van der Waals surface area contributed by atoms with Gasteiger partial charge in [-0.05, 0) is 20.8 Å². The zero-order chi connectivity index (χ0) is 15.1. The summed E-state index contributed by atoms with van der Waals surface area (Å²) < 4.78 is 24.2. The second-order valence-electron chi connectivity index (χ2n) is 5.48. The highest BCUT2D eigenvalue weighted by molar-refractivity contribution is 8.01. The molecule has 0 saturated heterocycles. The first-order valence-electron chi connectivity index (χ1n) is 6.02. The van der Waals surface area contributed by atoms with Crippen molar-refractivity contribution in [3.8, 4) is 0 Å². The second-order valence-corrected chi connectivity index (χ2v) is 8.16. The largest absolute Gasteiger partial charge is 0.364 e. The van der Waals surface area contributed by atoms with E-state index in [0.717, 1.165) is 6.08 Å². The molecule has 0 bridgehead atoms. The summed E-state index contributed by atoms with van der Waals surface area (Å²) in [6.45, 7) is 4.74. The lowest BCUT2D eigenvalue weighted by molar-refractivity contribution is -0.00437. The predicted molar refractivity (Wildman–Crippen MR) is 76.0 cm³/mol. The summed E-state index contributed by atoms with van der Waals surface area (Å²) in [5, 5.41) is 0. The van der Waals surface area contributed by atoms with Gasteiger partial charge in [-0.1, -0.05) is 24.3 Å². The van der Waals surface area contributed by atoms with E-state index in [2.05, 4.69) is 4.79 Å². The summed E-state index contributed by atoms with van der Waals surface area (Å²) in [4.78, 5) is 14.9. The van der Waals surface area contributed by atoms with Gasteiger partial charge >= 0.3 is 5.71 Å². The van der Waals surface area contributed by atoms with Gasteiger partial charge in [0.25, 0.3) is 5.78 Å². The second kappa shape index (κ2) is 4.51. The third-order valence-electron chi connectivity index (χ3n) is 3.14. The standard InChI is InChI=1S/C14H14N2O3S/c1-14(2,3)20(18,19)12-8-11(16-15)13(17)10-7-5-4-6-9(10)12/h4-8H,1-3H3. The van der Waals surface area contributed by atoms with E-state index in [0.29, 0.717) is 5.56 Å². The fourth-order valence-corrected chi connectivity index (χ4v) is 3.32. The van der Waals surface area contributed by atoms with E-state index in [1.54, 1.807) is 39.0 Å². The minimum atomic E-state index is -3.66. The molecule has 0 N–H and O–H groups in total. The zero-order valence-corrected chi connectivity index (χ0v) is 12.2. The number of sulfone groups is 1. The molecule has 5 nitrogen and oxygen atoms in total. The lowest BCUT2D eigenvalue weighted by Gasteiger charge is -2.23. The number of allylic oxidation sites excluding steroid dienone is 1. The predicted octanol–water partition coefficient (Wildman–Crippen LogP) is 2.11. The first kappa shape index (κ1) is 14.4. The number of benzene rings is 1. The molecule has 2 rings (SSSR count). The number of carbonyl (C=O) groups is 1. The Kier molecular flexibility index (Phi) is 3.24. The van der Waals surface area contributed by atoms with Gasteiger partial charge in [-0.2, -0.15) is 4.79 Å². The zero-order valence-electron chi connectivity index (χ0n) is 11.4. The molecule has 0 saturated carbocycles. The molecule has 0 heterocycles. The maximum absolute atomic E-state index is 12.6. The molecule has 0 amide bonds. The molecule has 1 aliphatic carbocycles. The number of nitrogens with zero attached hydrogens (tertiary/aromatic N) is 2. The van der Waals surface area contributed by atoms with Crippen molar-refractivity contribution < 1.29 is 18.0 Å². The molecule has 0 atom stereocenters. The summed E-state index contributed by atoms with van der Waals surface area (Å²) in [5.41, 5.74) is 9.20. The van der Waals surface area contributed by atoms with Crippen LogP contribution in [0.3, 0.4) is 0 Å². The van der Waals surface area contributed by atoms with Gasteiger partial charge in [-0.3, -0.25) is 4.79 Å². The quantitative estimate of drug-likeness (QED) is 0.586. The van der Waals surface area contributed by atoms with E-state index >= 15 is 0 Å². The summed E-state index contributed by atoms with van der Waals surface area (Å²) in [6.07, 6.45) is 1.13. The monoisotopic (exact) mass is 290 g/mol. The average molecular weight is 290 g/mol. The van der Waals surface area contributed by atoms with Crippen molar-refractivity contribution in [1.82, 2.24) is 0 Å². The van der Waals surface area contributed by atoms with E-state index < -0.39 is 20.4 Å². The molecule has 0 aliphatic heterocycles. The Bertz CT molecular complexity index is 777. The highest BCUT2D eigenvalue weighted by Gasteiger charge is 2.40. The molecule has 1 aromatic rings. The van der Waals surface area contributed by atoms with Crippen molar-refractivity contribution in [2.75, 3.05) is 0 Å². The van der Waals surface area contributed by atoms with Crippen LogP contribution < -0.4 is 0 Å². The summed E-state index contributed by atoms with van der Waals surface area (Å²) in [7, 11) is -3.66. The molecule has 104 valence electrons. The molecule has 20 heavy (non-hydrogen) atoms. The fourth-order valence-electron chi connectivity index (χ4n) is 1.93. The lowest BCUT2D eigenvalue weighted by atomic mass is 9.95. The Morgan fingerprint density at radius 3 is 2.15 bits per heavy atom. The lowest BCUT2D eigenvalue weighted by Crippen LogP contribution is -2.32. The molecule has 0 fully saturated rings. The van der Waals surface area contributed by atoms with Crippen molar-refractivity contribution in [2.45, 2.75) is 25.5 Å². The molecule has 6 heteroatoms. The Hall–Kier alpha value is -2.04. The average Bonchev–Trinajstić information content (AvgIpc) is 2.38. The Balaban J connectivity index is 2.83. The van der Waals surface area contributed by atoms with Crippen LogP contribution in [0.5, 0.6) is 0 Å². The van der Waals surface area contributed by atoms with Gasteiger partial charge in [0, 0.05) is 11.1 Å². The fraction of sp³-hybridized carbons (Fsp3) is 0.286. The topological polar surface area (TPSA) is 87.6 Å². The smallest absolute Gasteiger partial charge is 0.361 e. The third-order valence-corrected chi connectivity index (χ3v) is 5.67. The van der Waals surface area contributed by atoms with Gasteiger partial charge in [-0.25, -0.2) is 8.42 Å². The normalized spacial score (nSPS) is 15.4. The number of ketones is 1. The summed E-state index contributed by atoms with van der Waals surface area (Å²) in [5.74, 6) is -0.490. The number of carbonyl (C=O) groups excluding carboxylic acids is 1. The van der Waals surface area contributed by atoms with Gasteiger partial charge in [0.15, 0.2) is 9.84 Å². The highest BCUT2D eigenvalue weighted by atomic mass is 32.2. The van der Waals surface area contributed by atoms with Crippen LogP contribution in [0.1, 0.15) is 36.7 Å². The van der Waals surface area contributed by atoms with Crippen LogP contribution in [-0.2, 0) is 9.84 Å². The molecule has 0 unspecified atom stereocenters. The minimum Gasteiger partial charge on any atom is -0.361 e. The van der Waals surface area contributed by atoms with Crippen LogP contribution in [0.15, 0.2) is 30.3 Å². The Morgan fingerprint density at radius 1 is 1.10 bits per heavy atom. The van der Waals surface area contributed by atoms with Crippen molar-refractivity contribution in [2.24, 2.45) is 0 Å². The van der Waals surface area contributed by atoms with Gasteiger partial charge in [0.1, 0.15) is 0 Å². The first-order valence-corrected chi connectivity index (χ1v) is 7.51. The molecular formula is C14H14N2O3S. The van der Waals surface area contributed by atoms with Gasteiger partial charge in [0.05, 0.1) is 15.7 Å². The SMILES string of the molecule is CC(C)(C)S(=O)(=O)C1=CC(=[N+]=[N-])C(=O)c2ccccc21. The maximum atomic E-state index is 12.6. The van der Waals surface area contributed by atoms with Crippen molar-refractivity contribution in [1.29, 1.82) is 0 Å². The van der Waals surface area contributed by atoms with Gasteiger partial charge in [-0.15, -0.1) is 0 Å². The minimum absolute atomic E-state index is 0.00741. The van der Waals surface area contributed by atoms with Crippen LogP contribution in [0.4, 0.5) is 0 Å². The molecule has 1 aromatic carbocycles. The molecule has 0 spiro atoms. The number of rotatable bonds is 1. The van der Waals surface area contributed by atoms with Crippen LogP contribution in [-0.4, -0.2) is 29.4 Å². The molecular weight excluding hydrogens is 276 g/mol. The van der Waals surface area contributed by atoms with E-state index in [-0.39, 0.29) is 16.2 Å². The van der Waals surface area contributed by atoms with E-state index in [4.69, 9.17) is 5.53 Å². The number of hydrogen-bond donors (Lipinski definition) is 0. The third kappa shape index (κ3) is 2.03. The van der Waals surface area contributed by atoms with E-state index in [1.165, 1.54) is 6.07 Å². The molecule has 1 aliphatic rings. The van der Waals surface area contributed by atoms with Crippen LogP contribution in [0, 0.1) is 0 Å². The van der Waals surface area contributed by atoms with Gasteiger partial charge < -0.3 is 5.53 Å². The van der Waals surface area contributed by atoms with E-state index in [1.807, 2.05) is 0 Å². The summed E-state index contributed by atoms with van der Waals surface area (Å²) >= 11 is 0. The maximum Gasteiger partial charge on any atom is 0.364 e. The Labute approximate surface area is 117 Å². The van der Waals surface area contributed by atoms with Crippen LogP contribution in [0.25, 0.3) is 10.4 Å². The highest BCUT2D eigenvalue weighted by Crippen LogP contribution is 2.35.